The van der Waals surface area contributed by atoms with Crippen molar-refractivity contribution in [2.45, 2.75) is 25.2 Å². The lowest BCUT2D eigenvalue weighted by Gasteiger charge is -2.38. The molecule has 3 nitrogen and oxygen atoms in total. The number of ether oxygens (including phenoxy) is 2. The van der Waals surface area contributed by atoms with Crippen LogP contribution < -0.4 is 0 Å². The molecule has 0 aliphatic carbocycles. The van der Waals surface area contributed by atoms with E-state index in [1.807, 2.05) is 6.07 Å². The lowest BCUT2D eigenvalue weighted by Crippen LogP contribution is -2.48. The Morgan fingerprint density at radius 3 is 2.84 bits per heavy atom. The first-order valence-corrected chi connectivity index (χ1v) is 6.99. The standard InChI is InChI=1S/C14H17ClFNO2/c15-12-3-2-11(8-13(12)16)9-17-5-1-4-14(10-17)18-6-7-19-14/h2-3,8H,1,4-7,9-10H2. The zero-order valence-electron chi connectivity index (χ0n) is 10.7. The molecule has 0 amide bonds. The number of piperidine rings is 1. The maximum Gasteiger partial charge on any atom is 0.181 e. The number of nitrogens with zero attached hydrogens (tertiary/aromatic N) is 1. The fourth-order valence-corrected chi connectivity index (χ4v) is 2.95. The second-order valence-electron chi connectivity index (χ2n) is 5.17. The van der Waals surface area contributed by atoms with Gasteiger partial charge < -0.3 is 9.47 Å². The molecule has 0 bridgehead atoms. The molecule has 0 saturated carbocycles. The van der Waals surface area contributed by atoms with Gasteiger partial charge in [-0.15, -0.1) is 0 Å². The molecule has 2 heterocycles. The number of halogens is 2. The van der Waals surface area contributed by atoms with E-state index in [4.69, 9.17) is 21.1 Å². The maximum atomic E-state index is 13.4. The van der Waals surface area contributed by atoms with Crippen molar-refractivity contribution < 1.29 is 13.9 Å². The first-order valence-electron chi connectivity index (χ1n) is 6.61. The highest BCUT2D eigenvalue weighted by atomic mass is 35.5. The summed E-state index contributed by atoms with van der Waals surface area (Å²) in [5, 5.41) is 0.168. The molecule has 19 heavy (non-hydrogen) atoms. The van der Waals surface area contributed by atoms with Crippen LogP contribution in [0.4, 0.5) is 4.39 Å². The Morgan fingerprint density at radius 1 is 1.32 bits per heavy atom. The molecule has 0 atom stereocenters. The summed E-state index contributed by atoms with van der Waals surface area (Å²) >= 11 is 5.69. The predicted octanol–water partition coefficient (Wildman–Crippen LogP) is 2.82. The van der Waals surface area contributed by atoms with Crippen molar-refractivity contribution in [3.63, 3.8) is 0 Å². The van der Waals surface area contributed by atoms with Gasteiger partial charge in [0, 0.05) is 13.0 Å². The van der Waals surface area contributed by atoms with Crippen LogP contribution in [-0.2, 0) is 16.0 Å². The van der Waals surface area contributed by atoms with Crippen molar-refractivity contribution in [3.05, 3.63) is 34.6 Å². The van der Waals surface area contributed by atoms with Gasteiger partial charge in [-0.2, -0.15) is 0 Å². The smallest absolute Gasteiger partial charge is 0.181 e. The van der Waals surface area contributed by atoms with Crippen molar-refractivity contribution >= 4 is 11.6 Å². The lowest BCUT2D eigenvalue weighted by atomic mass is 10.0. The van der Waals surface area contributed by atoms with Gasteiger partial charge in [-0.3, -0.25) is 4.90 Å². The van der Waals surface area contributed by atoms with E-state index in [0.717, 1.165) is 31.5 Å². The Bertz CT molecular complexity index is 463. The predicted molar refractivity (Wildman–Crippen MR) is 70.6 cm³/mol. The molecule has 2 aliphatic rings. The largest absolute Gasteiger partial charge is 0.346 e. The van der Waals surface area contributed by atoms with Gasteiger partial charge >= 0.3 is 0 Å². The molecule has 2 aliphatic heterocycles. The summed E-state index contributed by atoms with van der Waals surface area (Å²) < 4.78 is 24.9. The highest BCUT2D eigenvalue weighted by molar-refractivity contribution is 6.30. The molecular formula is C14H17ClFNO2. The number of rotatable bonds is 2. The van der Waals surface area contributed by atoms with Gasteiger partial charge in [0.05, 0.1) is 24.8 Å². The highest BCUT2D eigenvalue weighted by Gasteiger charge is 2.40. The third-order valence-electron chi connectivity index (χ3n) is 3.70. The van der Waals surface area contributed by atoms with Crippen LogP contribution in [0.2, 0.25) is 5.02 Å². The highest BCUT2D eigenvalue weighted by Crippen LogP contribution is 2.30. The molecule has 1 aromatic rings. The molecule has 3 rings (SSSR count). The van der Waals surface area contributed by atoms with Crippen molar-refractivity contribution in [2.75, 3.05) is 26.3 Å². The zero-order chi connectivity index (χ0) is 13.3. The topological polar surface area (TPSA) is 21.7 Å². The molecule has 0 unspecified atom stereocenters. The van der Waals surface area contributed by atoms with Crippen LogP contribution in [0.15, 0.2) is 18.2 Å². The van der Waals surface area contributed by atoms with Crippen LogP contribution >= 0.6 is 11.6 Å². The molecule has 2 saturated heterocycles. The van der Waals surface area contributed by atoms with E-state index in [1.165, 1.54) is 6.07 Å². The van der Waals surface area contributed by atoms with Gasteiger partial charge in [0.25, 0.3) is 0 Å². The summed E-state index contributed by atoms with van der Waals surface area (Å²) in [5.41, 5.74) is 0.928. The molecule has 104 valence electrons. The van der Waals surface area contributed by atoms with Crippen LogP contribution in [0.25, 0.3) is 0 Å². The monoisotopic (exact) mass is 285 g/mol. The van der Waals surface area contributed by atoms with Crippen molar-refractivity contribution in [1.82, 2.24) is 4.90 Å². The molecule has 0 N–H and O–H groups in total. The molecule has 1 aromatic carbocycles. The molecule has 0 radical (unpaired) electrons. The lowest BCUT2D eigenvalue weighted by molar-refractivity contribution is -0.190. The van der Waals surface area contributed by atoms with Gasteiger partial charge in [0.15, 0.2) is 5.79 Å². The minimum Gasteiger partial charge on any atom is -0.346 e. The summed E-state index contributed by atoms with van der Waals surface area (Å²) in [6.45, 7) is 3.77. The minimum absolute atomic E-state index is 0.168. The fraction of sp³-hybridized carbons (Fsp3) is 0.571. The van der Waals surface area contributed by atoms with Crippen molar-refractivity contribution in [3.8, 4) is 0 Å². The quantitative estimate of drug-likeness (QED) is 0.834. The van der Waals surface area contributed by atoms with Crippen LogP contribution in [-0.4, -0.2) is 37.0 Å². The summed E-state index contributed by atoms with van der Waals surface area (Å²) in [5.74, 6) is -0.789. The van der Waals surface area contributed by atoms with Gasteiger partial charge in [-0.05, 0) is 30.7 Å². The molecule has 2 fully saturated rings. The average Bonchev–Trinajstić information content (AvgIpc) is 2.82. The van der Waals surface area contributed by atoms with E-state index in [0.29, 0.717) is 19.8 Å². The minimum atomic E-state index is -0.427. The van der Waals surface area contributed by atoms with E-state index in [-0.39, 0.29) is 10.8 Å². The third-order valence-corrected chi connectivity index (χ3v) is 4.01. The zero-order valence-corrected chi connectivity index (χ0v) is 11.5. The van der Waals surface area contributed by atoms with E-state index < -0.39 is 5.79 Å². The SMILES string of the molecule is Fc1cc(CN2CCCC3(C2)OCCO3)ccc1Cl. The van der Waals surface area contributed by atoms with Crippen LogP contribution in [0.5, 0.6) is 0 Å². The number of hydrogen-bond donors (Lipinski definition) is 0. The van der Waals surface area contributed by atoms with Crippen molar-refractivity contribution in [1.29, 1.82) is 0 Å². The Labute approximate surface area is 117 Å². The average molecular weight is 286 g/mol. The van der Waals surface area contributed by atoms with E-state index in [1.54, 1.807) is 6.07 Å². The number of likely N-dealkylation sites (tertiary alicyclic amines) is 1. The first kappa shape index (κ1) is 13.3. The van der Waals surface area contributed by atoms with Gasteiger partial charge in [0.1, 0.15) is 5.82 Å². The second-order valence-corrected chi connectivity index (χ2v) is 5.58. The maximum absolute atomic E-state index is 13.4. The van der Waals surface area contributed by atoms with E-state index >= 15 is 0 Å². The first-order chi connectivity index (χ1) is 9.17. The van der Waals surface area contributed by atoms with Crippen LogP contribution in [0, 0.1) is 5.82 Å². The summed E-state index contributed by atoms with van der Waals surface area (Å²) in [6.07, 6.45) is 1.98. The summed E-state index contributed by atoms with van der Waals surface area (Å²) in [7, 11) is 0. The van der Waals surface area contributed by atoms with Gasteiger partial charge in [-0.1, -0.05) is 17.7 Å². The molecular weight excluding hydrogens is 269 g/mol. The Hall–Kier alpha value is -0.680. The molecule has 0 aromatic heterocycles. The normalized spacial score (nSPS) is 23.1. The number of benzene rings is 1. The Kier molecular flexibility index (Phi) is 3.76. The molecule has 1 spiro atoms. The summed E-state index contributed by atoms with van der Waals surface area (Å²) in [6, 6.07) is 4.97. The van der Waals surface area contributed by atoms with Gasteiger partial charge in [0.2, 0.25) is 0 Å². The van der Waals surface area contributed by atoms with E-state index in [9.17, 15) is 4.39 Å². The molecule has 5 heteroatoms. The summed E-state index contributed by atoms with van der Waals surface area (Å²) in [4.78, 5) is 2.25. The fourth-order valence-electron chi connectivity index (χ4n) is 2.83. The third kappa shape index (κ3) is 2.92. The van der Waals surface area contributed by atoms with Crippen molar-refractivity contribution in [2.24, 2.45) is 0 Å². The second kappa shape index (κ2) is 5.37. The van der Waals surface area contributed by atoms with Crippen LogP contribution in [0.1, 0.15) is 18.4 Å². The van der Waals surface area contributed by atoms with E-state index in [2.05, 4.69) is 4.90 Å². The Balaban J connectivity index is 1.67. The van der Waals surface area contributed by atoms with Crippen LogP contribution in [0.3, 0.4) is 0 Å². The number of hydrogen-bond acceptors (Lipinski definition) is 3. The Morgan fingerprint density at radius 2 is 2.11 bits per heavy atom. The van der Waals surface area contributed by atoms with Gasteiger partial charge in [-0.25, -0.2) is 4.39 Å².